The molecule has 0 spiro atoms. The number of nitrogens with zero attached hydrogens (tertiary/aromatic N) is 1. The lowest BCUT2D eigenvalue weighted by Crippen LogP contribution is -2.31. The maximum absolute atomic E-state index is 13.3. The largest absolute Gasteiger partial charge is 0.321 e. The Labute approximate surface area is 201 Å². The van der Waals surface area contributed by atoms with Crippen LogP contribution in [0.3, 0.4) is 0 Å². The van der Waals surface area contributed by atoms with Crippen LogP contribution in [0.15, 0.2) is 66.4 Å². The summed E-state index contributed by atoms with van der Waals surface area (Å²) in [6.45, 7) is 0. The van der Waals surface area contributed by atoms with E-state index in [9.17, 15) is 24.1 Å². The minimum absolute atomic E-state index is 0.0784. The first-order valence-corrected chi connectivity index (χ1v) is 10.3. The molecule has 0 heterocycles. The lowest BCUT2D eigenvalue weighted by Gasteiger charge is -2.12. The predicted octanol–water partition coefficient (Wildman–Crippen LogP) is 6.10. The monoisotopic (exact) mass is 507 g/mol. The van der Waals surface area contributed by atoms with Crippen LogP contribution in [0.4, 0.5) is 15.8 Å². The molecule has 0 radical (unpaired) electrons. The summed E-state index contributed by atoms with van der Waals surface area (Å²) < 4.78 is 13.3. The molecule has 7 nitrogen and oxygen atoms in total. The van der Waals surface area contributed by atoms with Crippen molar-refractivity contribution >= 4 is 64.1 Å². The van der Waals surface area contributed by atoms with Crippen LogP contribution in [0.1, 0.15) is 15.9 Å². The third-order valence-corrected chi connectivity index (χ3v) is 5.29. The molecule has 0 unspecified atom stereocenters. The van der Waals surface area contributed by atoms with E-state index in [4.69, 9.17) is 34.8 Å². The van der Waals surface area contributed by atoms with E-state index in [1.165, 1.54) is 48.5 Å². The van der Waals surface area contributed by atoms with Crippen molar-refractivity contribution in [1.29, 1.82) is 0 Å². The Kier molecular flexibility index (Phi) is 7.65. The number of hydrogen-bond donors (Lipinski definition) is 2. The van der Waals surface area contributed by atoms with E-state index in [1.807, 2.05) is 0 Å². The van der Waals surface area contributed by atoms with E-state index >= 15 is 0 Å². The Morgan fingerprint density at radius 2 is 1.70 bits per heavy atom. The van der Waals surface area contributed by atoms with Gasteiger partial charge in [-0.1, -0.05) is 46.9 Å². The van der Waals surface area contributed by atoms with Gasteiger partial charge >= 0.3 is 0 Å². The van der Waals surface area contributed by atoms with Crippen molar-refractivity contribution in [2.24, 2.45) is 0 Å². The zero-order valence-electron chi connectivity index (χ0n) is 16.4. The number of benzene rings is 3. The molecule has 0 bridgehead atoms. The summed E-state index contributed by atoms with van der Waals surface area (Å²) in [6, 6.07) is 13.0. The fourth-order valence-corrected chi connectivity index (χ4v) is 3.24. The van der Waals surface area contributed by atoms with Gasteiger partial charge in [-0.25, -0.2) is 4.39 Å². The van der Waals surface area contributed by atoms with E-state index in [0.717, 1.165) is 18.2 Å². The number of hydrogen-bond acceptors (Lipinski definition) is 4. The molecule has 0 atom stereocenters. The maximum atomic E-state index is 13.3. The molecule has 0 aromatic heterocycles. The number of anilines is 1. The summed E-state index contributed by atoms with van der Waals surface area (Å²) in [5.41, 5.74) is 0.0144. The molecule has 0 aliphatic heterocycles. The lowest BCUT2D eigenvalue weighted by molar-refractivity contribution is -0.384. The molecule has 11 heteroatoms. The minimum atomic E-state index is -0.791. The van der Waals surface area contributed by atoms with Gasteiger partial charge in [0.15, 0.2) is 0 Å². The smallest absolute Gasteiger partial charge is 0.272 e. The van der Waals surface area contributed by atoms with Crippen LogP contribution in [0.5, 0.6) is 0 Å². The molecular weight excluding hydrogens is 496 g/mol. The van der Waals surface area contributed by atoms with Gasteiger partial charge in [0.1, 0.15) is 11.5 Å². The maximum Gasteiger partial charge on any atom is 0.272 e. The summed E-state index contributed by atoms with van der Waals surface area (Å²) in [4.78, 5) is 36.1. The number of nitro groups is 1. The molecule has 3 aromatic rings. The first-order valence-electron chi connectivity index (χ1n) is 9.13. The van der Waals surface area contributed by atoms with Gasteiger partial charge in [0.25, 0.3) is 17.5 Å². The number of rotatable bonds is 6. The summed E-state index contributed by atoms with van der Waals surface area (Å²) in [7, 11) is 0. The van der Waals surface area contributed by atoms with Crippen molar-refractivity contribution in [2.45, 2.75) is 0 Å². The number of carbonyl (C=O) groups excluding carboxylic acids is 2. The minimum Gasteiger partial charge on any atom is -0.321 e. The van der Waals surface area contributed by atoms with Crippen molar-refractivity contribution in [1.82, 2.24) is 5.32 Å². The van der Waals surface area contributed by atoms with Gasteiger partial charge in [-0.05, 0) is 48.0 Å². The third-order valence-electron chi connectivity index (χ3n) is 4.24. The Morgan fingerprint density at radius 3 is 2.36 bits per heavy atom. The predicted molar refractivity (Wildman–Crippen MR) is 125 cm³/mol. The van der Waals surface area contributed by atoms with Crippen LogP contribution in [-0.2, 0) is 4.79 Å². The average molecular weight is 509 g/mol. The first kappa shape index (κ1) is 24.2. The van der Waals surface area contributed by atoms with Crippen LogP contribution < -0.4 is 10.6 Å². The quantitative estimate of drug-likeness (QED) is 0.238. The van der Waals surface area contributed by atoms with E-state index in [-0.39, 0.29) is 43.3 Å². The van der Waals surface area contributed by atoms with Crippen molar-refractivity contribution in [3.63, 3.8) is 0 Å². The van der Waals surface area contributed by atoms with Crippen molar-refractivity contribution < 1.29 is 18.9 Å². The van der Waals surface area contributed by atoms with Gasteiger partial charge in [-0.3, -0.25) is 19.7 Å². The Balaban J connectivity index is 1.96. The van der Waals surface area contributed by atoms with Crippen LogP contribution in [-0.4, -0.2) is 16.7 Å². The highest BCUT2D eigenvalue weighted by Gasteiger charge is 2.18. The average Bonchev–Trinajstić information content (AvgIpc) is 2.76. The Bertz CT molecular complexity index is 1300. The van der Waals surface area contributed by atoms with Crippen LogP contribution >= 0.6 is 34.8 Å². The molecule has 168 valence electrons. The van der Waals surface area contributed by atoms with E-state index < -0.39 is 22.6 Å². The number of amides is 2. The van der Waals surface area contributed by atoms with Gasteiger partial charge in [0, 0.05) is 17.8 Å². The summed E-state index contributed by atoms with van der Waals surface area (Å²) in [6.07, 6.45) is 1.25. The number of nitro benzene ring substituents is 1. The van der Waals surface area contributed by atoms with Crippen LogP contribution in [0.25, 0.3) is 6.08 Å². The molecule has 0 aliphatic carbocycles. The summed E-state index contributed by atoms with van der Waals surface area (Å²) >= 11 is 17.8. The number of halogens is 4. The van der Waals surface area contributed by atoms with Crippen LogP contribution in [0.2, 0.25) is 15.1 Å². The summed E-state index contributed by atoms with van der Waals surface area (Å²) in [5, 5.41) is 16.3. The molecule has 0 saturated heterocycles. The second-order valence-electron chi connectivity index (χ2n) is 6.57. The normalized spacial score (nSPS) is 11.1. The molecule has 3 aromatic carbocycles. The van der Waals surface area contributed by atoms with Gasteiger partial charge in [-0.2, -0.15) is 0 Å². The molecule has 2 amide bonds. The van der Waals surface area contributed by atoms with Crippen molar-refractivity contribution in [3.8, 4) is 0 Å². The number of non-ortho nitro benzene ring substituents is 1. The highest BCUT2D eigenvalue weighted by molar-refractivity contribution is 6.42. The lowest BCUT2D eigenvalue weighted by atomic mass is 10.1. The van der Waals surface area contributed by atoms with Gasteiger partial charge in [0.05, 0.1) is 25.6 Å². The SMILES string of the molecule is O=C(Nc1ccc(Cl)c(Cl)c1)C(=Cc1cccc([N+](=O)[O-])c1)NC(=O)c1ccc(F)cc1Cl. The standard InChI is InChI=1S/C22H13Cl3FN3O4/c23-17-7-5-14(11-19(17)25)27-22(31)20(9-12-2-1-3-15(8-12)29(32)33)28-21(30)16-6-4-13(26)10-18(16)24/h1-11H,(H,27,31)(H,28,30). The highest BCUT2D eigenvalue weighted by Crippen LogP contribution is 2.25. The third kappa shape index (κ3) is 6.29. The molecule has 0 saturated carbocycles. The number of nitrogens with one attached hydrogen (secondary N) is 2. The second kappa shape index (κ2) is 10.4. The van der Waals surface area contributed by atoms with Crippen LogP contribution in [0, 0.1) is 15.9 Å². The number of carbonyl (C=O) groups is 2. The van der Waals surface area contributed by atoms with Gasteiger partial charge < -0.3 is 10.6 Å². The van der Waals surface area contributed by atoms with Gasteiger partial charge in [-0.15, -0.1) is 0 Å². The molecule has 3 rings (SSSR count). The molecular formula is C22H13Cl3FN3O4. The van der Waals surface area contributed by atoms with E-state index in [0.29, 0.717) is 0 Å². The fraction of sp³-hybridized carbons (Fsp3) is 0. The molecule has 0 fully saturated rings. The Morgan fingerprint density at radius 1 is 0.939 bits per heavy atom. The fourth-order valence-electron chi connectivity index (χ4n) is 2.69. The second-order valence-corrected chi connectivity index (χ2v) is 7.79. The molecule has 33 heavy (non-hydrogen) atoms. The van der Waals surface area contributed by atoms with Crippen molar-refractivity contribution in [3.05, 3.63) is 108 Å². The molecule has 0 aliphatic rings. The van der Waals surface area contributed by atoms with Crippen molar-refractivity contribution in [2.75, 3.05) is 5.32 Å². The highest BCUT2D eigenvalue weighted by atomic mass is 35.5. The Hall–Kier alpha value is -3.46. The van der Waals surface area contributed by atoms with E-state index in [2.05, 4.69) is 10.6 Å². The molecule has 2 N–H and O–H groups in total. The zero-order valence-corrected chi connectivity index (χ0v) is 18.7. The topological polar surface area (TPSA) is 101 Å². The first-order chi connectivity index (χ1) is 15.6. The van der Waals surface area contributed by atoms with E-state index in [1.54, 1.807) is 0 Å². The summed E-state index contributed by atoms with van der Waals surface area (Å²) in [5.74, 6) is -2.19. The van der Waals surface area contributed by atoms with Gasteiger partial charge in [0.2, 0.25) is 0 Å². The zero-order chi connectivity index (χ0) is 24.1.